The number of fused-ring (bicyclic) bond motifs is 1. The summed E-state index contributed by atoms with van der Waals surface area (Å²) in [6.45, 7) is 0.490. The van der Waals surface area contributed by atoms with Crippen LogP contribution in [0, 0.1) is 5.92 Å². The Hall–Kier alpha value is -2.44. The first kappa shape index (κ1) is 15.5. The summed E-state index contributed by atoms with van der Waals surface area (Å²) in [5.41, 5.74) is 9.51. The molecule has 0 fully saturated rings. The van der Waals surface area contributed by atoms with E-state index in [0.717, 1.165) is 28.1 Å². The molecule has 120 valence electrons. The zero-order chi connectivity index (χ0) is 16.2. The molecular formula is C17H20N4O2. The van der Waals surface area contributed by atoms with Crippen LogP contribution in [0.2, 0.25) is 0 Å². The van der Waals surface area contributed by atoms with Crippen LogP contribution < -0.4 is 10.5 Å². The summed E-state index contributed by atoms with van der Waals surface area (Å²) < 4.78 is 7.18. The second-order valence-electron chi connectivity index (χ2n) is 5.46. The summed E-state index contributed by atoms with van der Waals surface area (Å²) in [7, 11) is 1.64. The van der Waals surface area contributed by atoms with Crippen LogP contribution in [-0.2, 0) is 6.42 Å². The molecule has 1 unspecified atom stereocenters. The first-order chi connectivity index (χ1) is 11.3. The van der Waals surface area contributed by atoms with Gasteiger partial charge in [0.15, 0.2) is 5.65 Å². The third-order valence-corrected chi connectivity index (χ3v) is 3.97. The van der Waals surface area contributed by atoms with Gasteiger partial charge in [-0.05, 0) is 48.2 Å². The molecule has 0 aliphatic heterocycles. The van der Waals surface area contributed by atoms with E-state index in [2.05, 4.69) is 16.1 Å². The van der Waals surface area contributed by atoms with Crippen molar-refractivity contribution >= 4 is 5.65 Å². The van der Waals surface area contributed by atoms with Gasteiger partial charge in [-0.3, -0.25) is 0 Å². The normalized spacial score (nSPS) is 12.5. The van der Waals surface area contributed by atoms with Crippen LogP contribution in [0.1, 0.15) is 5.56 Å². The maximum absolute atomic E-state index is 9.40. The van der Waals surface area contributed by atoms with Crippen molar-refractivity contribution in [3.8, 4) is 16.9 Å². The van der Waals surface area contributed by atoms with Crippen molar-refractivity contribution in [3.63, 3.8) is 0 Å². The quantitative estimate of drug-likeness (QED) is 0.720. The number of rotatable bonds is 6. The molecule has 2 heterocycles. The monoisotopic (exact) mass is 312 g/mol. The standard InChI is InChI=1S/C17H20N4O2/c1-23-16-4-3-13(8-14(16)7-12(9-18)11-22)15-10-20-21-6-2-5-19-17(15)21/h2-6,8,10,12,22H,7,9,11,18H2,1H3. The number of nitrogens with two attached hydrogens (primary N) is 1. The summed E-state index contributed by atoms with van der Waals surface area (Å²) >= 11 is 0. The van der Waals surface area contributed by atoms with Crippen molar-refractivity contribution in [2.45, 2.75) is 6.42 Å². The van der Waals surface area contributed by atoms with Gasteiger partial charge in [-0.1, -0.05) is 6.07 Å². The molecule has 0 aliphatic rings. The summed E-state index contributed by atoms with van der Waals surface area (Å²) in [4.78, 5) is 4.39. The van der Waals surface area contributed by atoms with Gasteiger partial charge < -0.3 is 15.6 Å². The average Bonchev–Trinajstić information content (AvgIpc) is 3.03. The number of nitrogens with zero attached hydrogens (tertiary/aromatic N) is 3. The molecule has 1 atom stereocenters. The number of hydrogen-bond acceptors (Lipinski definition) is 5. The fourth-order valence-corrected chi connectivity index (χ4v) is 2.67. The molecule has 6 heteroatoms. The number of aromatic nitrogens is 3. The van der Waals surface area contributed by atoms with Gasteiger partial charge in [-0.25, -0.2) is 9.50 Å². The fraction of sp³-hybridized carbons (Fsp3) is 0.294. The third kappa shape index (κ3) is 3.04. The Balaban J connectivity index is 2.03. The van der Waals surface area contributed by atoms with E-state index < -0.39 is 0 Å². The van der Waals surface area contributed by atoms with Crippen LogP contribution in [0.15, 0.2) is 42.9 Å². The molecule has 0 aliphatic carbocycles. The van der Waals surface area contributed by atoms with E-state index >= 15 is 0 Å². The molecule has 3 aromatic rings. The number of aliphatic hydroxyl groups is 1. The molecule has 0 amide bonds. The minimum Gasteiger partial charge on any atom is -0.496 e. The van der Waals surface area contributed by atoms with Gasteiger partial charge in [0, 0.05) is 24.6 Å². The van der Waals surface area contributed by atoms with E-state index in [1.54, 1.807) is 24.0 Å². The second-order valence-corrected chi connectivity index (χ2v) is 5.46. The van der Waals surface area contributed by atoms with Crippen LogP contribution in [0.5, 0.6) is 5.75 Å². The van der Waals surface area contributed by atoms with Gasteiger partial charge in [0.1, 0.15) is 5.75 Å². The number of hydrogen-bond donors (Lipinski definition) is 2. The summed E-state index contributed by atoms with van der Waals surface area (Å²) in [5.74, 6) is 0.811. The highest BCUT2D eigenvalue weighted by molar-refractivity contribution is 5.77. The Morgan fingerprint density at radius 2 is 2.26 bits per heavy atom. The van der Waals surface area contributed by atoms with E-state index in [4.69, 9.17) is 10.5 Å². The highest BCUT2D eigenvalue weighted by atomic mass is 16.5. The molecule has 0 spiro atoms. The van der Waals surface area contributed by atoms with Crippen molar-refractivity contribution in [2.24, 2.45) is 11.7 Å². The van der Waals surface area contributed by atoms with Crippen LogP contribution >= 0.6 is 0 Å². The van der Waals surface area contributed by atoms with Crippen molar-refractivity contribution in [1.82, 2.24) is 14.6 Å². The predicted molar refractivity (Wildman–Crippen MR) is 88.3 cm³/mol. The van der Waals surface area contributed by atoms with Crippen molar-refractivity contribution in [1.29, 1.82) is 0 Å². The fourth-order valence-electron chi connectivity index (χ4n) is 2.67. The molecule has 6 nitrogen and oxygen atoms in total. The minimum absolute atomic E-state index is 0.0150. The molecule has 1 aromatic carbocycles. The molecule has 0 saturated carbocycles. The molecule has 0 radical (unpaired) electrons. The molecule has 23 heavy (non-hydrogen) atoms. The zero-order valence-corrected chi connectivity index (χ0v) is 13.0. The predicted octanol–water partition coefficient (Wildman–Crippen LogP) is 1.51. The van der Waals surface area contributed by atoms with Gasteiger partial charge >= 0.3 is 0 Å². The summed E-state index contributed by atoms with van der Waals surface area (Å²) in [6, 6.07) is 7.83. The number of methoxy groups -OCH3 is 1. The largest absolute Gasteiger partial charge is 0.496 e. The Labute approximate surface area is 134 Å². The Morgan fingerprint density at radius 3 is 3.00 bits per heavy atom. The van der Waals surface area contributed by atoms with E-state index in [1.807, 2.05) is 24.4 Å². The maximum atomic E-state index is 9.40. The zero-order valence-electron chi connectivity index (χ0n) is 13.0. The lowest BCUT2D eigenvalue weighted by molar-refractivity contribution is 0.229. The Bertz CT molecular complexity index is 796. The smallest absolute Gasteiger partial charge is 0.162 e. The lowest BCUT2D eigenvalue weighted by Gasteiger charge is -2.15. The van der Waals surface area contributed by atoms with Crippen molar-refractivity contribution < 1.29 is 9.84 Å². The SMILES string of the molecule is COc1ccc(-c2cnn3cccnc23)cc1CC(CN)CO. The van der Waals surface area contributed by atoms with Gasteiger partial charge in [-0.2, -0.15) is 5.10 Å². The topological polar surface area (TPSA) is 85.7 Å². The number of ether oxygens (including phenoxy) is 1. The Morgan fingerprint density at radius 1 is 1.39 bits per heavy atom. The van der Waals surface area contributed by atoms with Crippen LogP contribution in [0.25, 0.3) is 16.8 Å². The van der Waals surface area contributed by atoms with Crippen molar-refractivity contribution in [3.05, 3.63) is 48.4 Å². The number of benzene rings is 1. The van der Waals surface area contributed by atoms with E-state index in [9.17, 15) is 5.11 Å². The lowest BCUT2D eigenvalue weighted by atomic mass is 9.96. The molecule has 3 N–H and O–H groups in total. The van der Waals surface area contributed by atoms with Crippen LogP contribution in [0.3, 0.4) is 0 Å². The molecule has 0 bridgehead atoms. The highest BCUT2D eigenvalue weighted by Gasteiger charge is 2.14. The molecular weight excluding hydrogens is 292 g/mol. The third-order valence-electron chi connectivity index (χ3n) is 3.97. The first-order valence-corrected chi connectivity index (χ1v) is 7.53. The molecule has 3 rings (SSSR count). The first-order valence-electron chi connectivity index (χ1n) is 7.53. The second kappa shape index (κ2) is 6.76. The lowest BCUT2D eigenvalue weighted by Crippen LogP contribution is -2.20. The highest BCUT2D eigenvalue weighted by Crippen LogP contribution is 2.30. The van der Waals surface area contributed by atoms with Crippen LogP contribution in [-0.4, -0.2) is 40.0 Å². The van der Waals surface area contributed by atoms with Crippen molar-refractivity contribution in [2.75, 3.05) is 20.3 Å². The van der Waals surface area contributed by atoms with E-state index in [1.165, 1.54) is 0 Å². The average molecular weight is 312 g/mol. The molecule has 2 aromatic heterocycles. The maximum Gasteiger partial charge on any atom is 0.162 e. The minimum atomic E-state index is 0.0150. The summed E-state index contributed by atoms with van der Waals surface area (Å²) in [5, 5.41) is 13.7. The van der Waals surface area contributed by atoms with Gasteiger partial charge in [0.05, 0.1) is 13.3 Å². The van der Waals surface area contributed by atoms with E-state index in [0.29, 0.717) is 13.0 Å². The Kier molecular flexibility index (Phi) is 4.55. The van der Waals surface area contributed by atoms with Gasteiger partial charge in [0.25, 0.3) is 0 Å². The van der Waals surface area contributed by atoms with E-state index in [-0.39, 0.29) is 12.5 Å². The molecule has 0 saturated heterocycles. The number of aliphatic hydroxyl groups excluding tert-OH is 1. The van der Waals surface area contributed by atoms with Gasteiger partial charge in [0.2, 0.25) is 0 Å². The van der Waals surface area contributed by atoms with Gasteiger partial charge in [-0.15, -0.1) is 0 Å². The van der Waals surface area contributed by atoms with Crippen LogP contribution in [0.4, 0.5) is 0 Å². The summed E-state index contributed by atoms with van der Waals surface area (Å²) in [6.07, 6.45) is 6.09.